The topological polar surface area (TPSA) is 24.9 Å². The quantitative estimate of drug-likeness (QED) is 0.748. The van der Waals surface area contributed by atoms with Gasteiger partial charge in [0.05, 0.1) is 24.4 Å². The lowest BCUT2D eigenvalue weighted by molar-refractivity contribution is -0.146. The summed E-state index contributed by atoms with van der Waals surface area (Å²) in [7, 11) is 2.21. The zero-order chi connectivity index (χ0) is 14.8. The Labute approximate surface area is 129 Å². The van der Waals surface area contributed by atoms with Crippen LogP contribution in [0.15, 0.2) is 0 Å². The van der Waals surface area contributed by atoms with Crippen molar-refractivity contribution in [3.05, 3.63) is 0 Å². The Morgan fingerprint density at radius 2 is 1.67 bits per heavy atom. The average molecular weight is 296 g/mol. The van der Waals surface area contributed by atoms with Gasteiger partial charge in [-0.25, -0.2) is 0 Å². The van der Waals surface area contributed by atoms with Gasteiger partial charge in [-0.15, -0.1) is 0 Å². The number of piperidine rings is 1. The summed E-state index contributed by atoms with van der Waals surface area (Å²) in [5, 5.41) is 0. The minimum absolute atomic E-state index is 0.352. The number of hydrogen-bond donors (Lipinski definition) is 0. The van der Waals surface area contributed by atoms with Crippen LogP contribution in [0.2, 0.25) is 0 Å². The number of likely N-dealkylation sites (tertiary alicyclic amines) is 2. The number of hydrogen-bond acceptors (Lipinski definition) is 4. The second kappa shape index (κ2) is 6.95. The van der Waals surface area contributed by atoms with Crippen LogP contribution in [0, 0.1) is 5.92 Å². The Morgan fingerprint density at radius 3 is 2.24 bits per heavy atom. The van der Waals surface area contributed by atoms with Crippen molar-refractivity contribution in [1.29, 1.82) is 0 Å². The highest BCUT2D eigenvalue weighted by Crippen LogP contribution is 2.30. The predicted octanol–water partition coefficient (Wildman–Crippen LogP) is 1.98. The van der Waals surface area contributed by atoms with Crippen LogP contribution in [0.25, 0.3) is 0 Å². The van der Waals surface area contributed by atoms with E-state index >= 15 is 0 Å². The van der Waals surface area contributed by atoms with Crippen LogP contribution < -0.4 is 0 Å². The van der Waals surface area contributed by atoms with Crippen LogP contribution in [-0.4, -0.2) is 74.0 Å². The van der Waals surface area contributed by atoms with Gasteiger partial charge in [0.1, 0.15) is 0 Å². The standard InChI is InChI=1S/C17H32N2O2/c1-13(2)20-16-8-17(9-16)21-15-4-6-19(7-5-15)12-14-10-18(3)11-14/h13-17H,4-12H2,1-3H3. The van der Waals surface area contributed by atoms with E-state index in [4.69, 9.17) is 9.47 Å². The van der Waals surface area contributed by atoms with E-state index in [9.17, 15) is 0 Å². The van der Waals surface area contributed by atoms with Gasteiger partial charge in [0, 0.05) is 32.7 Å². The third-order valence-corrected chi connectivity index (χ3v) is 5.09. The van der Waals surface area contributed by atoms with Crippen molar-refractivity contribution in [3.8, 4) is 0 Å². The van der Waals surface area contributed by atoms with Gasteiger partial charge in [0.25, 0.3) is 0 Å². The number of nitrogens with zero attached hydrogens (tertiary/aromatic N) is 2. The van der Waals surface area contributed by atoms with Gasteiger partial charge in [-0.1, -0.05) is 0 Å². The highest BCUT2D eigenvalue weighted by Gasteiger charge is 2.34. The van der Waals surface area contributed by atoms with Crippen LogP contribution in [0.1, 0.15) is 39.5 Å². The minimum atomic E-state index is 0.352. The molecule has 0 aromatic heterocycles. The summed E-state index contributed by atoms with van der Waals surface area (Å²) >= 11 is 0. The molecule has 1 saturated carbocycles. The molecular weight excluding hydrogens is 264 g/mol. The first-order valence-corrected chi connectivity index (χ1v) is 8.80. The van der Waals surface area contributed by atoms with Crippen molar-refractivity contribution in [2.75, 3.05) is 39.8 Å². The molecule has 4 nitrogen and oxygen atoms in total. The average Bonchev–Trinajstić information content (AvgIpc) is 2.36. The highest BCUT2D eigenvalue weighted by atomic mass is 16.5. The maximum atomic E-state index is 6.23. The Balaban J connectivity index is 1.27. The Bertz CT molecular complexity index is 317. The van der Waals surface area contributed by atoms with Gasteiger partial charge < -0.3 is 19.3 Å². The van der Waals surface area contributed by atoms with E-state index in [1.54, 1.807) is 0 Å². The summed E-state index contributed by atoms with van der Waals surface area (Å²) in [6, 6.07) is 0. The van der Waals surface area contributed by atoms with Crippen LogP contribution >= 0.6 is 0 Å². The summed E-state index contributed by atoms with van der Waals surface area (Å²) in [5.41, 5.74) is 0. The first kappa shape index (κ1) is 15.7. The summed E-state index contributed by atoms with van der Waals surface area (Å²) in [6.07, 6.45) is 6.40. The van der Waals surface area contributed by atoms with Crippen molar-refractivity contribution >= 4 is 0 Å². The molecular formula is C17H32N2O2. The van der Waals surface area contributed by atoms with Gasteiger partial charge in [0.15, 0.2) is 0 Å². The molecule has 122 valence electrons. The molecule has 3 aliphatic rings. The maximum absolute atomic E-state index is 6.23. The predicted molar refractivity (Wildman–Crippen MR) is 84.6 cm³/mol. The third kappa shape index (κ3) is 4.41. The van der Waals surface area contributed by atoms with Gasteiger partial charge in [-0.2, -0.15) is 0 Å². The Hall–Kier alpha value is -0.160. The van der Waals surface area contributed by atoms with E-state index in [1.165, 1.54) is 45.6 Å². The van der Waals surface area contributed by atoms with E-state index in [1.807, 2.05) is 0 Å². The zero-order valence-corrected chi connectivity index (χ0v) is 14.0. The second-order valence-corrected chi connectivity index (χ2v) is 7.62. The molecule has 0 spiro atoms. The van der Waals surface area contributed by atoms with E-state index in [2.05, 4.69) is 30.7 Å². The van der Waals surface area contributed by atoms with Crippen molar-refractivity contribution in [3.63, 3.8) is 0 Å². The number of rotatable bonds is 6. The molecule has 0 amide bonds. The molecule has 0 radical (unpaired) electrons. The number of ether oxygens (including phenoxy) is 2. The van der Waals surface area contributed by atoms with Crippen LogP contribution in [0.4, 0.5) is 0 Å². The molecule has 0 unspecified atom stereocenters. The SMILES string of the molecule is CC(C)OC1CC(OC2CCN(CC3CN(C)C3)CC2)C1. The fraction of sp³-hybridized carbons (Fsp3) is 1.00. The van der Waals surface area contributed by atoms with E-state index < -0.39 is 0 Å². The summed E-state index contributed by atoms with van der Waals surface area (Å²) in [4.78, 5) is 5.05. The Morgan fingerprint density at radius 1 is 1.00 bits per heavy atom. The normalized spacial score (nSPS) is 33.1. The summed E-state index contributed by atoms with van der Waals surface area (Å²) in [6.45, 7) is 10.6. The molecule has 1 aliphatic carbocycles. The second-order valence-electron chi connectivity index (χ2n) is 7.62. The molecule has 0 atom stereocenters. The Kier molecular flexibility index (Phi) is 5.20. The molecule has 2 aliphatic heterocycles. The molecule has 3 rings (SSSR count). The van der Waals surface area contributed by atoms with Crippen LogP contribution in [-0.2, 0) is 9.47 Å². The molecule has 3 fully saturated rings. The smallest absolute Gasteiger partial charge is 0.0628 e. The molecule has 2 saturated heterocycles. The van der Waals surface area contributed by atoms with E-state index in [0.29, 0.717) is 24.4 Å². The third-order valence-electron chi connectivity index (χ3n) is 5.09. The highest BCUT2D eigenvalue weighted by molar-refractivity contribution is 4.85. The lowest BCUT2D eigenvalue weighted by Crippen LogP contribution is -2.51. The first-order valence-electron chi connectivity index (χ1n) is 8.80. The van der Waals surface area contributed by atoms with Crippen molar-refractivity contribution < 1.29 is 9.47 Å². The van der Waals surface area contributed by atoms with Crippen molar-refractivity contribution in [2.45, 2.75) is 63.9 Å². The van der Waals surface area contributed by atoms with Crippen LogP contribution in [0.3, 0.4) is 0 Å². The van der Waals surface area contributed by atoms with E-state index in [-0.39, 0.29) is 0 Å². The largest absolute Gasteiger partial charge is 0.375 e. The van der Waals surface area contributed by atoms with Gasteiger partial charge in [-0.05, 0) is 52.5 Å². The monoisotopic (exact) mass is 296 g/mol. The lowest BCUT2D eigenvalue weighted by Gasteiger charge is -2.43. The molecule has 0 aromatic carbocycles. The first-order chi connectivity index (χ1) is 10.1. The lowest BCUT2D eigenvalue weighted by atomic mass is 9.91. The molecule has 2 heterocycles. The molecule has 0 N–H and O–H groups in total. The summed E-state index contributed by atoms with van der Waals surface area (Å²) in [5.74, 6) is 0.910. The maximum Gasteiger partial charge on any atom is 0.0628 e. The minimum Gasteiger partial charge on any atom is -0.375 e. The van der Waals surface area contributed by atoms with E-state index in [0.717, 1.165) is 18.8 Å². The molecule has 0 bridgehead atoms. The molecule has 21 heavy (non-hydrogen) atoms. The van der Waals surface area contributed by atoms with Gasteiger partial charge in [-0.3, -0.25) is 0 Å². The summed E-state index contributed by atoms with van der Waals surface area (Å²) < 4.78 is 12.0. The van der Waals surface area contributed by atoms with Crippen molar-refractivity contribution in [1.82, 2.24) is 9.80 Å². The van der Waals surface area contributed by atoms with Crippen LogP contribution in [0.5, 0.6) is 0 Å². The fourth-order valence-electron chi connectivity index (χ4n) is 3.93. The van der Waals surface area contributed by atoms with Gasteiger partial charge >= 0.3 is 0 Å². The van der Waals surface area contributed by atoms with Gasteiger partial charge in [0.2, 0.25) is 0 Å². The molecule has 0 aromatic rings. The van der Waals surface area contributed by atoms with Crippen molar-refractivity contribution in [2.24, 2.45) is 5.92 Å². The zero-order valence-electron chi connectivity index (χ0n) is 14.0. The molecule has 4 heteroatoms. The fourth-order valence-corrected chi connectivity index (χ4v) is 3.93.